The number of hydrogen-bond acceptors (Lipinski definition) is 5. The van der Waals surface area contributed by atoms with Gasteiger partial charge in [-0.2, -0.15) is 0 Å². The van der Waals surface area contributed by atoms with Crippen molar-refractivity contribution in [1.29, 1.82) is 0 Å². The number of carbonyl (C=O) groups is 1. The topological polar surface area (TPSA) is 93.7 Å². The fourth-order valence-electron chi connectivity index (χ4n) is 2.52. The van der Waals surface area contributed by atoms with Gasteiger partial charge in [-0.3, -0.25) is 4.79 Å². The van der Waals surface area contributed by atoms with Gasteiger partial charge in [0.2, 0.25) is 15.9 Å². The number of ether oxygens (including phenoxy) is 2. The van der Waals surface area contributed by atoms with Crippen LogP contribution < -0.4 is 19.5 Å². The smallest absolute Gasteiger partial charge is 0.240 e. The number of amides is 1. The van der Waals surface area contributed by atoms with E-state index in [2.05, 4.69) is 26.0 Å². The van der Waals surface area contributed by atoms with Gasteiger partial charge in [0.25, 0.3) is 0 Å². The number of sulfonamides is 1. The van der Waals surface area contributed by atoms with Gasteiger partial charge in [0, 0.05) is 29.2 Å². The summed E-state index contributed by atoms with van der Waals surface area (Å²) in [5.74, 6) is 0.637. The van der Waals surface area contributed by atoms with Gasteiger partial charge >= 0.3 is 0 Å². The standard InChI is InChI=1S/C18H19BrN2O5S/c1-12-10-13(2-4-15(12)19)21-18(22)6-7-20-27(23,24)14-3-5-16-17(11-14)26-9-8-25-16/h2-5,10-11,20H,6-9H2,1H3,(H,21,22). The summed E-state index contributed by atoms with van der Waals surface area (Å²) in [5, 5.41) is 2.75. The summed E-state index contributed by atoms with van der Waals surface area (Å²) in [5.41, 5.74) is 1.66. The van der Waals surface area contributed by atoms with Gasteiger partial charge < -0.3 is 14.8 Å². The molecule has 2 aromatic carbocycles. The average molecular weight is 455 g/mol. The van der Waals surface area contributed by atoms with Gasteiger partial charge in [0.1, 0.15) is 13.2 Å². The molecule has 0 unspecified atom stereocenters. The molecule has 0 fully saturated rings. The lowest BCUT2D eigenvalue weighted by Crippen LogP contribution is -2.28. The van der Waals surface area contributed by atoms with Crippen LogP contribution in [0.1, 0.15) is 12.0 Å². The molecule has 2 aromatic rings. The molecule has 3 rings (SSSR count). The van der Waals surface area contributed by atoms with Crippen molar-refractivity contribution in [2.45, 2.75) is 18.2 Å². The molecule has 0 bridgehead atoms. The highest BCUT2D eigenvalue weighted by molar-refractivity contribution is 9.10. The Balaban J connectivity index is 1.55. The molecule has 144 valence electrons. The summed E-state index contributed by atoms with van der Waals surface area (Å²) in [7, 11) is -3.75. The lowest BCUT2D eigenvalue weighted by Gasteiger charge is -2.18. The van der Waals surface area contributed by atoms with Crippen LogP contribution in [0, 0.1) is 6.92 Å². The van der Waals surface area contributed by atoms with Gasteiger partial charge in [-0.05, 0) is 42.8 Å². The number of nitrogens with one attached hydrogen (secondary N) is 2. The van der Waals surface area contributed by atoms with Crippen LogP contribution in [0.5, 0.6) is 11.5 Å². The molecule has 1 aliphatic heterocycles. The summed E-state index contributed by atoms with van der Waals surface area (Å²) >= 11 is 3.40. The number of rotatable bonds is 6. The van der Waals surface area contributed by atoms with Gasteiger partial charge in [-0.15, -0.1) is 0 Å². The second kappa shape index (κ2) is 8.28. The van der Waals surface area contributed by atoms with E-state index >= 15 is 0 Å². The Kier molecular flexibility index (Phi) is 6.03. The van der Waals surface area contributed by atoms with Crippen LogP contribution in [0.15, 0.2) is 45.8 Å². The zero-order valence-corrected chi connectivity index (χ0v) is 17.0. The third-order valence-corrected chi connectivity index (χ3v) is 6.26. The lowest BCUT2D eigenvalue weighted by molar-refractivity contribution is -0.116. The Morgan fingerprint density at radius 2 is 1.85 bits per heavy atom. The van der Waals surface area contributed by atoms with Crippen LogP contribution in [0.2, 0.25) is 0 Å². The van der Waals surface area contributed by atoms with E-state index in [1.165, 1.54) is 12.1 Å². The van der Waals surface area contributed by atoms with Crippen molar-refractivity contribution in [3.8, 4) is 11.5 Å². The minimum atomic E-state index is -3.75. The highest BCUT2D eigenvalue weighted by Gasteiger charge is 2.19. The predicted molar refractivity (Wildman–Crippen MR) is 105 cm³/mol. The van der Waals surface area contributed by atoms with Crippen molar-refractivity contribution in [3.05, 3.63) is 46.4 Å². The summed E-state index contributed by atoms with van der Waals surface area (Å²) in [4.78, 5) is 12.1. The molecule has 1 heterocycles. The van der Waals surface area contributed by atoms with Crippen molar-refractivity contribution in [1.82, 2.24) is 4.72 Å². The maximum atomic E-state index is 12.4. The zero-order chi connectivity index (χ0) is 19.4. The highest BCUT2D eigenvalue weighted by atomic mass is 79.9. The number of fused-ring (bicyclic) bond motifs is 1. The van der Waals surface area contributed by atoms with E-state index in [1.54, 1.807) is 12.1 Å². The van der Waals surface area contributed by atoms with E-state index in [9.17, 15) is 13.2 Å². The molecule has 1 aliphatic rings. The summed E-state index contributed by atoms with van der Waals surface area (Å²) < 4.78 is 39.0. The molecular weight excluding hydrogens is 436 g/mol. The van der Waals surface area contributed by atoms with Crippen molar-refractivity contribution < 1.29 is 22.7 Å². The molecular formula is C18H19BrN2O5S. The number of halogens is 1. The first-order chi connectivity index (χ1) is 12.8. The lowest BCUT2D eigenvalue weighted by atomic mass is 10.2. The van der Waals surface area contributed by atoms with Gasteiger partial charge in [-0.1, -0.05) is 15.9 Å². The van der Waals surface area contributed by atoms with Crippen molar-refractivity contribution in [3.63, 3.8) is 0 Å². The van der Waals surface area contributed by atoms with E-state index in [4.69, 9.17) is 9.47 Å². The molecule has 1 amide bonds. The fourth-order valence-corrected chi connectivity index (χ4v) is 3.81. The van der Waals surface area contributed by atoms with Crippen LogP contribution in [0.25, 0.3) is 0 Å². The van der Waals surface area contributed by atoms with Crippen molar-refractivity contribution >= 4 is 37.5 Å². The van der Waals surface area contributed by atoms with E-state index in [1.807, 2.05) is 19.1 Å². The monoisotopic (exact) mass is 454 g/mol. The minimum Gasteiger partial charge on any atom is -0.486 e. The molecule has 2 N–H and O–H groups in total. The van der Waals surface area contributed by atoms with E-state index < -0.39 is 10.0 Å². The fraction of sp³-hybridized carbons (Fsp3) is 0.278. The Labute approximate surface area is 166 Å². The molecule has 9 heteroatoms. The number of aryl methyl sites for hydroxylation is 1. The number of benzene rings is 2. The summed E-state index contributed by atoms with van der Waals surface area (Å²) in [6, 6.07) is 9.87. The first kappa shape index (κ1) is 19.7. The quantitative estimate of drug-likeness (QED) is 0.699. The Hall–Kier alpha value is -2.10. The van der Waals surface area contributed by atoms with E-state index in [-0.39, 0.29) is 23.8 Å². The Bertz CT molecular complexity index is 962. The SMILES string of the molecule is Cc1cc(NC(=O)CCNS(=O)(=O)c2ccc3c(c2)OCCO3)ccc1Br. The highest BCUT2D eigenvalue weighted by Crippen LogP contribution is 2.32. The van der Waals surface area contributed by atoms with Crippen molar-refractivity contribution in [2.24, 2.45) is 0 Å². The Morgan fingerprint density at radius 3 is 2.59 bits per heavy atom. The minimum absolute atomic E-state index is 0.0128. The predicted octanol–water partition coefficient (Wildman–Crippen LogP) is 2.84. The third-order valence-electron chi connectivity index (χ3n) is 3.91. The van der Waals surface area contributed by atoms with Crippen LogP contribution >= 0.6 is 15.9 Å². The van der Waals surface area contributed by atoms with Gasteiger partial charge in [-0.25, -0.2) is 13.1 Å². The van der Waals surface area contributed by atoms with Gasteiger partial charge in [0.15, 0.2) is 11.5 Å². The number of carbonyl (C=O) groups excluding carboxylic acids is 1. The normalized spacial score (nSPS) is 13.3. The maximum Gasteiger partial charge on any atom is 0.240 e. The molecule has 0 saturated carbocycles. The molecule has 27 heavy (non-hydrogen) atoms. The van der Waals surface area contributed by atoms with Crippen molar-refractivity contribution in [2.75, 3.05) is 25.1 Å². The molecule has 0 aliphatic carbocycles. The van der Waals surface area contributed by atoms with Gasteiger partial charge in [0.05, 0.1) is 4.90 Å². The number of anilines is 1. The van der Waals surface area contributed by atoms with Crippen LogP contribution in [-0.2, 0) is 14.8 Å². The van der Waals surface area contributed by atoms with E-state index in [0.29, 0.717) is 30.4 Å². The van der Waals surface area contributed by atoms with E-state index in [0.717, 1.165) is 10.0 Å². The summed E-state index contributed by atoms with van der Waals surface area (Å²) in [6.45, 7) is 2.71. The molecule has 7 nitrogen and oxygen atoms in total. The van der Waals surface area contributed by atoms with Crippen LogP contribution in [0.4, 0.5) is 5.69 Å². The largest absolute Gasteiger partial charge is 0.486 e. The average Bonchev–Trinajstić information content (AvgIpc) is 2.64. The molecule has 0 saturated heterocycles. The molecule has 0 aromatic heterocycles. The third kappa shape index (κ3) is 5.00. The first-order valence-corrected chi connectivity index (χ1v) is 10.6. The summed E-state index contributed by atoms with van der Waals surface area (Å²) in [6.07, 6.45) is 0.0128. The van der Waals surface area contributed by atoms with Crippen LogP contribution in [-0.4, -0.2) is 34.1 Å². The number of hydrogen-bond donors (Lipinski definition) is 2. The molecule has 0 radical (unpaired) electrons. The zero-order valence-electron chi connectivity index (χ0n) is 14.6. The molecule has 0 spiro atoms. The molecule has 0 atom stereocenters. The first-order valence-electron chi connectivity index (χ1n) is 8.30. The maximum absolute atomic E-state index is 12.4. The Morgan fingerprint density at radius 1 is 1.11 bits per heavy atom. The second-order valence-electron chi connectivity index (χ2n) is 5.97. The second-order valence-corrected chi connectivity index (χ2v) is 8.59. The van der Waals surface area contributed by atoms with Crippen LogP contribution in [0.3, 0.4) is 0 Å².